The molecule has 0 unspecified atom stereocenters. The standard InChI is InChI=1S/C12H15N5O/c1-18-10-5-6-13-12(16-10)15-9-4-2-3-8-7-14-17-11(8)9/h5-7,9H,2-4H2,1H3,(H,14,17)(H,13,15,16)/t9-/m0/s1. The molecule has 18 heavy (non-hydrogen) atoms. The Hall–Kier alpha value is -2.11. The number of aromatic nitrogens is 4. The summed E-state index contributed by atoms with van der Waals surface area (Å²) in [7, 11) is 1.60. The van der Waals surface area contributed by atoms with Crippen LogP contribution in [0.25, 0.3) is 0 Å². The number of fused-ring (bicyclic) bond motifs is 1. The molecule has 0 amide bonds. The van der Waals surface area contributed by atoms with Gasteiger partial charge in [0.2, 0.25) is 11.8 Å². The number of rotatable bonds is 3. The van der Waals surface area contributed by atoms with Gasteiger partial charge in [0, 0.05) is 12.3 Å². The van der Waals surface area contributed by atoms with E-state index in [1.165, 1.54) is 5.56 Å². The molecule has 94 valence electrons. The Morgan fingerprint density at radius 3 is 3.33 bits per heavy atom. The summed E-state index contributed by atoms with van der Waals surface area (Å²) in [6.07, 6.45) is 6.87. The van der Waals surface area contributed by atoms with Crippen LogP contribution in [0.2, 0.25) is 0 Å². The third-order valence-corrected chi connectivity index (χ3v) is 3.18. The van der Waals surface area contributed by atoms with Crippen molar-refractivity contribution in [2.45, 2.75) is 25.3 Å². The van der Waals surface area contributed by atoms with Crippen molar-refractivity contribution in [3.05, 3.63) is 29.7 Å². The van der Waals surface area contributed by atoms with E-state index in [-0.39, 0.29) is 6.04 Å². The second kappa shape index (κ2) is 4.64. The van der Waals surface area contributed by atoms with Gasteiger partial charge in [0.1, 0.15) is 0 Å². The molecule has 0 spiro atoms. The van der Waals surface area contributed by atoms with E-state index in [2.05, 4.69) is 25.5 Å². The van der Waals surface area contributed by atoms with Crippen LogP contribution in [0.4, 0.5) is 5.95 Å². The third kappa shape index (κ3) is 2.01. The number of ether oxygens (including phenoxy) is 1. The van der Waals surface area contributed by atoms with Gasteiger partial charge in [0.15, 0.2) is 0 Å². The highest BCUT2D eigenvalue weighted by Gasteiger charge is 2.22. The smallest absolute Gasteiger partial charge is 0.226 e. The molecule has 6 heteroatoms. The lowest BCUT2D eigenvalue weighted by Crippen LogP contribution is -2.18. The molecule has 0 aromatic carbocycles. The Morgan fingerprint density at radius 1 is 1.50 bits per heavy atom. The number of H-pyrrole nitrogens is 1. The molecule has 2 aromatic rings. The first-order valence-corrected chi connectivity index (χ1v) is 6.02. The van der Waals surface area contributed by atoms with Gasteiger partial charge in [-0.25, -0.2) is 4.98 Å². The molecule has 1 atom stereocenters. The quantitative estimate of drug-likeness (QED) is 0.860. The number of anilines is 1. The summed E-state index contributed by atoms with van der Waals surface area (Å²) in [4.78, 5) is 8.47. The minimum Gasteiger partial charge on any atom is -0.481 e. The van der Waals surface area contributed by atoms with Crippen LogP contribution in [0, 0.1) is 0 Å². The zero-order chi connectivity index (χ0) is 12.4. The molecular weight excluding hydrogens is 230 g/mol. The fourth-order valence-electron chi connectivity index (χ4n) is 2.29. The first kappa shape index (κ1) is 11.0. The summed E-state index contributed by atoms with van der Waals surface area (Å²) in [6.45, 7) is 0. The third-order valence-electron chi connectivity index (χ3n) is 3.18. The predicted octanol–water partition coefficient (Wildman–Crippen LogP) is 1.70. The maximum atomic E-state index is 5.09. The second-order valence-electron chi connectivity index (χ2n) is 4.32. The van der Waals surface area contributed by atoms with Crippen LogP contribution in [0.5, 0.6) is 5.88 Å². The van der Waals surface area contributed by atoms with Crippen molar-refractivity contribution in [1.29, 1.82) is 0 Å². The van der Waals surface area contributed by atoms with Crippen molar-refractivity contribution < 1.29 is 4.74 Å². The summed E-state index contributed by atoms with van der Waals surface area (Å²) in [5.74, 6) is 1.15. The van der Waals surface area contributed by atoms with Crippen LogP contribution in [-0.4, -0.2) is 27.3 Å². The van der Waals surface area contributed by atoms with E-state index >= 15 is 0 Å². The lowest BCUT2D eigenvalue weighted by atomic mass is 9.94. The molecule has 3 rings (SSSR count). The van der Waals surface area contributed by atoms with Crippen LogP contribution in [0.3, 0.4) is 0 Å². The van der Waals surface area contributed by atoms with Gasteiger partial charge >= 0.3 is 0 Å². The number of nitrogens with one attached hydrogen (secondary N) is 2. The Kier molecular flexibility index (Phi) is 2.84. The average molecular weight is 245 g/mol. The first-order valence-electron chi connectivity index (χ1n) is 6.02. The van der Waals surface area contributed by atoms with E-state index in [4.69, 9.17) is 4.74 Å². The van der Waals surface area contributed by atoms with Gasteiger partial charge in [0.05, 0.1) is 25.0 Å². The van der Waals surface area contributed by atoms with E-state index < -0.39 is 0 Å². The van der Waals surface area contributed by atoms with Crippen LogP contribution < -0.4 is 10.1 Å². The van der Waals surface area contributed by atoms with Gasteiger partial charge in [-0.3, -0.25) is 5.10 Å². The lowest BCUT2D eigenvalue weighted by Gasteiger charge is -2.22. The minimum absolute atomic E-state index is 0.198. The predicted molar refractivity (Wildman–Crippen MR) is 66.5 cm³/mol. The zero-order valence-corrected chi connectivity index (χ0v) is 10.2. The summed E-state index contributed by atoms with van der Waals surface area (Å²) in [6, 6.07) is 1.93. The van der Waals surface area contributed by atoms with Crippen LogP contribution in [0.1, 0.15) is 30.1 Å². The Balaban J connectivity index is 1.81. The van der Waals surface area contributed by atoms with Crippen molar-refractivity contribution >= 4 is 5.95 Å². The molecule has 1 aliphatic carbocycles. The molecule has 2 heterocycles. The Labute approximate surface area is 105 Å². The molecule has 2 aromatic heterocycles. The molecule has 0 radical (unpaired) electrons. The number of nitrogens with zero attached hydrogens (tertiary/aromatic N) is 3. The molecule has 0 bridgehead atoms. The molecule has 0 saturated heterocycles. The van der Waals surface area contributed by atoms with Crippen molar-refractivity contribution in [3.63, 3.8) is 0 Å². The summed E-state index contributed by atoms with van der Waals surface area (Å²) < 4.78 is 5.09. The fourth-order valence-corrected chi connectivity index (χ4v) is 2.29. The van der Waals surface area contributed by atoms with E-state index in [1.807, 2.05) is 6.20 Å². The van der Waals surface area contributed by atoms with Gasteiger partial charge in [-0.15, -0.1) is 0 Å². The largest absolute Gasteiger partial charge is 0.481 e. The van der Waals surface area contributed by atoms with Crippen molar-refractivity contribution in [3.8, 4) is 5.88 Å². The monoisotopic (exact) mass is 245 g/mol. The van der Waals surface area contributed by atoms with Crippen LogP contribution in [0.15, 0.2) is 18.5 Å². The van der Waals surface area contributed by atoms with E-state index in [0.717, 1.165) is 25.0 Å². The number of methoxy groups -OCH3 is 1. The highest BCUT2D eigenvalue weighted by molar-refractivity contribution is 5.34. The first-order chi connectivity index (χ1) is 8.86. The molecular formula is C12H15N5O. The van der Waals surface area contributed by atoms with E-state index in [1.54, 1.807) is 19.4 Å². The minimum atomic E-state index is 0.198. The summed E-state index contributed by atoms with van der Waals surface area (Å²) in [5.41, 5.74) is 2.43. The normalized spacial score (nSPS) is 18.2. The Bertz CT molecular complexity index is 539. The van der Waals surface area contributed by atoms with E-state index in [9.17, 15) is 0 Å². The van der Waals surface area contributed by atoms with Crippen molar-refractivity contribution in [2.24, 2.45) is 0 Å². The lowest BCUT2D eigenvalue weighted by molar-refractivity contribution is 0.397. The number of hydrogen-bond donors (Lipinski definition) is 2. The van der Waals surface area contributed by atoms with Crippen LogP contribution >= 0.6 is 0 Å². The van der Waals surface area contributed by atoms with Gasteiger partial charge in [0.25, 0.3) is 0 Å². The summed E-state index contributed by atoms with van der Waals surface area (Å²) >= 11 is 0. The van der Waals surface area contributed by atoms with Crippen molar-refractivity contribution in [2.75, 3.05) is 12.4 Å². The van der Waals surface area contributed by atoms with Gasteiger partial charge in [-0.1, -0.05) is 0 Å². The molecule has 0 saturated carbocycles. The molecule has 2 N–H and O–H groups in total. The number of aryl methyl sites for hydroxylation is 1. The maximum absolute atomic E-state index is 5.09. The Morgan fingerprint density at radius 2 is 2.44 bits per heavy atom. The number of aromatic amines is 1. The fraction of sp³-hybridized carbons (Fsp3) is 0.417. The topological polar surface area (TPSA) is 75.7 Å². The molecule has 1 aliphatic rings. The second-order valence-corrected chi connectivity index (χ2v) is 4.32. The summed E-state index contributed by atoms with van der Waals surface area (Å²) in [5, 5.41) is 10.5. The molecule has 0 aliphatic heterocycles. The van der Waals surface area contributed by atoms with Gasteiger partial charge in [-0.2, -0.15) is 10.1 Å². The zero-order valence-electron chi connectivity index (χ0n) is 10.2. The highest BCUT2D eigenvalue weighted by Crippen LogP contribution is 2.29. The van der Waals surface area contributed by atoms with Crippen molar-refractivity contribution in [1.82, 2.24) is 20.2 Å². The van der Waals surface area contributed by atoms with E-state index in [0.29, 0.717) is 11.8 Å². The molecule has 0 fully saturated rings. The maximum Gasteiger partial charge on any atom is 0.226 e. The highest BCUT2D eigenvalue weighted by atomic mass is 16.5. The van der Waals surface area contributed by atoms with Gasteiger partial charge in [-0.05, 0) is 24.8 Å². The number of hydrogen-bond acceptors (Lipinski definition) is 5. The SMILES string of the molecule is COc1ccnc(N[C@H]2CCCc3cn[nH]c32)n1. The van der Waals surface area contributed by atoms with Gasteiger partial charge < -0.3 is 10.1 Å². The average Bonchev–Trinajstić information content (AvgIpc) is 2.88. The molecule has 6 nitrogen and oxygen atoms in total. The van der Waals surface area contributed by atoms with Crippen LogP contribution in [-0.2, 0) is 6.42 Å².